The Morgan fingerprint density at radius 3 is 2.53 bits per heavy atom. The molecule has 1 atom stereocenters. The van der Waals surface area contributed by atoms with E-state index in [-0.39, 0.29) is 12.4 Å². The Morgan fingerprint density at radius 1 is 1.73 bits per heavy atom. The predicted molar refractivity (Wildman–Crippen MR) is 59.8 cm³/mol. The molecule has 0 aliphatic carbocycles. The molecule has 0 aromatic carbocycles. The van der Waals surface area contributed by atoms with Crippen LogP contribution in [0.15, 0.2) is 0 Å². The Morgan fingerprint density at radius 2 is 2.27 bits per heavy atom. The van der Waals surface area contributed by atoms with E-state index < -0.39 is 6.09 Å². The maximum atomic E-state index is 9.26. The summed E-state index contributed by atoms with van der Waals surface area (Å²) >= 11 is 0. The molecule has 1 fully saturated rings. The van der Waals surface area contributed by atoms with Crippen molar-refractivity contribution in [2.45, 2.75) is 12.8 Å². The molecule has 2 radical (unpaired) electrons. The zero-order chi connectivity index (χ0) is 11.0. The molecule has 0 spiro atoms. The molecule has 1 saturated heterocycles. The molecular weight excluding hydrogens is 220 g/mol. The normalized spacial score (nSPS) is 20.6. The summed E-state index contributed by atoms with van der Waals surface area (Å²) in [5.74, 6) is 9.51. The van der Waals surface area contributed by atoms with Crippen molar-refractivity contribution in [1.82, 2.24) is 16.2 Å². The SMILES string of the molecule is CNC(=O)O.Cl.[N]N1CCC[C@@H](CN)C1. The number of piperidine rings is 1. The van der Waals surface area contributed by atoms with Gasteiger partial charge in [-0.2, -0.15) is 0 Å². The van der Waals surface area contributed by atoms with Crippen LogP contribution >= 0.6 is 12.4 Å². The van der Waals surface area contributed by atoms with Crippen molar-refractivity contribution in [3.8, 4) is 0 Å². The maximum Gasteiger partial charge on any atom is 0.404 e. The molecule has 1 amide bonds. The second-order valence-corrected chi connectivity index (χ2v) is 3.21. The molecule has 1 aliphatic rings. The highest BCUT2D eigenvalue weighted by Gasteiger charge is 2.16. The van der Waals surface area contributed by atoms with Crippen LogP contribution in [0, 0.1) is 5.92 Å². The van der Waals surface area contributed by atoms with Gasteiger partial charge < -0.3 is 16.2 Å². The van der Waals surface area contributed by atoms with Crippen molar-refractivity contribution < 1.29 is 9.90 Å². The summed E-state index contributed by atoms with van der Waals surface area (Å²) in [4.78, 5) is 9.26. The number of amides is 1. The van der Waals surface area contributed by atoms with Gasteiger partial charge >= 0.3 is 6.09 Å². The van der Waals surface area contributed by atoms with Crippen LogP contribution in [-0.2, 0) is 0 Å². The number of halogens is 1. The maximum absolute atomic E-state index is 9.26. The summed E-state index contributed by atoms with van der Waals surface area (Å²) in [5, 5.41) is 10.9. The van der Waals surface area contributed by atoms with E-state index in [2.05, 4.69) is 0 Å². The Bertz CT molecular complexity index is 171. The lowest BCUT2D eigenvalue weighted by Crippen LogP contribution is -2.37. The van der Waals surface area contributed by atoms with Crippen molar-refractivity contribution >= 4 is 18.5 Å². The third-order valence-electron chi connectivity index (χ3n) is 2.04. The predicted octanol–water partition coefficient (Wildman–Crippen LogP) is -0.0536. The zero-order valence-corrected chi connectivity index (χ0v) is 9.66. The molecule has 1 aliphatic heterocycles. The monoisotopic (exact) mass is 238 g/mol. The molecule has 4 N–H and O–H groups in total. The lowest BCUT2D eigenvalue weighted by molar-refractivity contribution is 0.170. The summed E-state index contributed by atoms with van der Waals surface area (Å²) in [6.07, 6.45) is 1.26. The fourth-order valence-corrected chi connectivity index (χ4v) is 1.24. The van der Waals surface area contributed by atoms with E-state index in [1.807, 2.05) is 5.32 Å². The van der Waals surface area contributed by atoms with Crippen molar-refractivity contribution in [1.29, 1.82) is 0 Å². The van der Waals surface area contributed by atoms with Crippen molar-refractivity contribution in [2.75, 3.05) is 26.7 Å². The fourth-order valence-electron chi connectivity index (χ4n) is 1.24. The van der Waals surface area contributed by atoms with Gasteiger partial charge in [0.2, 0.25) is 0 Å². The molecule has 0 bridgehead atoms. The van der Waals surface area contributed by atoms with Crippen LogP contribution in [0.25, 0.3) is 0 Å². The molecule has 15 heavy (non-hydrogen) atoms. The Labute approximate surface area is 96.4 Å². The van der Waals surface area contributed by atoms with Gasteiger partial charge in [0, 0.05) is 20.1 Å². The summed E-state index contributed by atoms with van der Waals surface area (Å²) in [6, 6.07) is 0. The lowest BCUT2D eigenvalue weighted by Gasteiger charge is -2.25. The van der Waals surface area contributed by atoms with Gasteiger partial charge in [0.15, 0.2) is 0 Å². The largest absolute Gasteiger partial charge is 0.465 e. The number of hydrogen-bond donors (Lipinski definition) is 3. The second-order valence-electron chi connectivity index (χ2n) is 3.21. The number of carbonyl (C=O) groups is 1. The van der Waals surface area contributed by atoms with Crippen LogP contribution in [0.1, 0.15) is 12.8 Å². The number of nitrogens with two attached hydrogens (primary N) is 1. The number of hydrogen-bond acceptors (Lipinski definition) is 3. The van der Waals surface area contributed by atoms with E-state index in [1.165, 1.54) is 18.5 Å². The molecule has 0 aromatic heterocycles. The first-order valence-electron chi connectivity index (χ1n) is 4.64. The minimum Gasteiger partial charge on any atom is -0.465 e. The highest BCUT2D eigenvalue weighted by atomic mass is 35.5. The molecule has 0 aromatic rings. The van der Waals surface area contributed by atoms with Crippen molar-refractivity contribution in [2.24, 2.45) is 11.7 Å². The van der Waals surface area contributed by atoms with Gasteiger partial charge in [-0.15, -0.1) is 12.4 Å². The van der Waals surface area contributed by atoms with Crippen molar-refractivity contribution in [3.05, 3.63) is 0 Å². The number of nitrogens with zero attached hydrogens (tertiary/aromatic N) is 2. The van der Waals surface area contributed by atoms with Gasteiger partial charge in [0.25, 0.3) is 0 Å². The van der Waals surface area contributed by atoms with Gasteiger partial charge in [0.05, 0.1) is 0 Å². The number of nitrogens with one attached hydrogen (secondary N) is 1. The second kappa shape index (κ2) is 9.97. The first-order chi connectivity index (χ1) is 6.60. The minimum atomic E-state index is -0.995. The summed E-state index contributed by atoms with van der Waals surface area (Å²) in [7, 11) is 1.35. The van der Waals surface area contributed by atoms with E-state index in [1.54, 1.807) is 0 Å². The number of rotatable bonds is 1. The first-order valence-corrected chi connectivity index (χ1v) is 4.64. The molecule has 7 heteroatoms. The molecular formula is C8H19ClN4O2. The molecule has 0 saturated carbocycles. The number of carboxylic acid groups (broad SMARTS) is 1. The topological polar surface area (TPSA) is 101 Å². The summed E-state index contributed by atoms with van der Waals surface area (Å²) < 4.78 is 0. The standard InChI is InChI=1S/C6H13N3.C2H5NO2.ClH/c7-4-6-2-1-3-9(8)5-6;1-3-2(4)5;/h6H,1-5,7H2;3H,1H3,(H,4,5);1H/t6-;;/m0../s1. The van der Waals surface area contributed by atoms with Gasteiger partial charge in [-0.1, -0.05) is 0 Å². The van der Waals surface area contributed by atoms with E-state index >= 15 is 0 Å². The molecule has 0 unspecified atom stereocenters. The third-order valence-corrected chi connectivity index (χ3v) is 2.04. The van der Waals surface area contributed by atoms with Gasteiger partial charge in [-0.25, -0.2) is 9.80 Å². The highest BCUT2D eigenvalue weighted by Crippen LogP contribution is 2.12. The lowest BCUT2D eigenvalue weighted by atomic mass is 10.00. The fraction of sp³-hybridized carbons (Fsp3) is 0.875. The van der Waals surface area contributed by atoms with Gasteiger partial charge in [0.1, 0.15) is 0 Å². The van der Waals surface area contributed by atoms with Crippen LogP contribution in [0.4, 0.5) is 4.79 Å². The minimum absolute atomic E-state index is 0. The van der Waals surface area contributed by atoms with Crippen LogP contribution in [0.2, 0.25) is 0 Å². The summed E-state index contributed by atoms with van der Waals surface area (Å²) in [6.45, 7) is 2.28. The van der Waals surface area contributed by atoms with E-state index in [0.717, 1.165) is 19.5 Å². The molecule has 6 nitrogen and oxygen atoms in total. The quantitative estimate of drug-likeness (QED) is 0.596. The Balaban J connectivity index is 0. The first kappa shape index (κ1) is 16.9. The van der Waals surface area contributed by atoms with Crippen LogP contribution in [0.5, 0.6) is 0 Å². The highest BCUT2D eigenvalue weighted by molar-refractivity contribution is 5.85. The van der Waals surface area contributed by atoms with E-state index in [0.29, 0.717) is 12.5 Å². The van der Waals surface area contributed by atoms with Crippen LogP contribution in [-0.4, -0.2) is 42.9 Å². The van der Waals surface area contributed by atoms with E-state index in [9.17, 15) is 4.79 Å². The average Bonchev–Trinajstić information content (AvgIpc) is 2.18. The molecule has 1 rings (SSSR count). The average molecular weight is 239 g/mol. The Hall–Kier alpha value is -0.560. The van der Waals surface area contributed by atoms with Crippen LogP contribution in [0.3, 0.4) is 0 Å². The molecule has 1 heterocycles. The van der Waals surface area contributed by atoms with Gasteiger partial charge in [-0.05, 0) is 31.1 Å². The zero-order valence-electron chi connectivity index (χ0n) is 8.85. The summed E-state index contributed by atoms with van der Waals surface area (Å²) in [5.41, 5.74) is 5.43. The smallest absolute Gasteiger partial charge is 0.404 e. The van der Waals surface area contributed by atoms with Gasteiger partial charge in [-0.3, -0.25) is 0 Å². The van der Waals surface area contributed by atoms with Crippen LogP contribution < -0.4 is 16.9 Å². The molecule has 90 valence electrons. The van der Waals surface area contributed by atoms with E-state index in [4.69, 9.17) is 16.7 Å². The van der Waals surface area contributed by atoms with Crippen molar-refractivity contribution in [3.63, 3.8) is 0 Å². The third kappa shape index (κ3) is 9.74. The Kier molecular flexibility index (Phi) is 11.2.